The number of hydrogen-bond donors (Lipinski definition) is 1. The monoisotopic (exact) mass is 334 g/mol. The fourth-order valence-electron chi connectivity index (χ4n) is 2.65. The lowest BCUT2D eigenvalue weighted by molar-refractivity contribution is -0.144. The number of carboxylic acid groups (broad SMARTS) is 1. The molecule has 0 saturated carbocycles. The van der Waals surface area contributed by atoms with E-state index in [1.165, 1.54) is 7.05 Å². The van der Waals surface area contributed by atoms with E-state index in [9.17, 15) is 14.4 Å². The van der Waals surface area contributed by atoms with Crippen LogP contribution < -0.4 is 0 Å². The summed E-state index contributed by atoms with van der Waals surface area (Å²) in [6.45, 7) is 1.27. The van der Waals surface area contributed by atoms with Crippen LogP contribution in [0.2, 0.25) is 0 Å². The Labute approximate surface area is 140 Å². The van der Waals surface area contributed by atoms with Gasteiger partial charge in [-0.1, -0.05) is 30.3 Å². The van der Waals surface area contributed by atoms with E-state index in [-0.39, 0.29) is 12.5 Å². The van der Waals surface area contributed by atoms with Gasteiger partial charge in [0, 0.05) is 20.1 Å². The van der Waals surface area contributed by atoms with Gasteiger partial charge >= 0.3 is 12.1 Å². The molecule has 1 N–H and O–H groups in total. The van der Waals surface area contributed by atoms with Crippen LogP contribution in [-0.2, 0) is 20.9 Å². The van der Waals surface area contributed by atoms with Crippen LogP contribution >= 0.6 is 0 Å². The molecule has 1 saturated heterocycles. The van der Waals surface area contributed by atoms with E-state index in [0.29, 0.717) is 13.1 Å². The number of carboxylic acids is 1. The first-order valence-electron chi connectivity index (χ1n) is 7.93. The van der Waals surface area contributed by atoms with Crippen LogP contribution in [0.3, 0.4) is 0 Å². The summed E-state index contributed by atoms with van der Waals surface area (Å²) >= 11 is 0. The van der Waals surface area contributed by atoms with E-state index in [2.05, 4.69) is 0 Å². The van der Waals surface area contributed by atoms with Gasteiger partial charge in [0.1, 0.15) is 12.6 Å². The second kappa shape index (κ2) is 8.33. The van der Waals surface area contributed by atoms with Gasteiger partial charge in [-0.05, 0) is 18.4 Å². The molecule has 0 radical (unpaired) electrons. The molecule has 1 unspecified atom stereocenters. The van der Waals surface area contributed by atoms with Crippen LogP contribution in [0.1, 0.15) is 24.8 Å². The minimum atomic E-state index is -1.13. The Morgan fingerprint density at radius 1 is 1.21 bits per heavy atom. The van der Waals surface area contributed by atoms with Crippen LogP contribution in [-0.4, -0.2) is 59.1 Å². The van der Waals surface area contributed by atoms with E-state index in [0.717, 1.165) is 23.3 Å². The molecule has 130 valence electrons. The first-order valence-corrected chi connectivity index (χ1v) is 7.93. The van der Waals surface area contributed by atoms with Gasteiger partial charge in [0.05, 0.1) is 6.42 Å². The number of nitrogens with zero attached hydrogens (tertiary/aromatic N) is 2. The number of hydrogen-bond acceptors (Lipinski definition) is 4. The second-order valence-electron chi connectivity index (χ2n) is 5.80. The molecule has 1 aromatic carbocycles. The maximum atomic E-state index is 12.5. The van der Waals surface area contributed by atoms with Crippen molar-refractivity contribution in [3.05, 3.63) is 35.9 Å². The number of carbonyl (C=O) groups excluding carboxylic acids is 2. The lowest BCUT2D eigenvalue weighted by Gasteiger charge is -2.29. The van der Waals surface area contributed by atoms with Crippen molar-refractivity contribution in [2.75, 3.05) is 20.1 Å². The van der Waals surface area contributed by atoms with E-state index < -0.39 is 24.5 Å². The summed E-state index contributed by atoms with van der Waals surface area (Å²) < 4.78 is 5.19. The largest absolute Gasteiger partial charge is 0.481 e. The summed E-state index contributed by atoms with van der Waals surface area (Å²) in [6, 6.07) is 8.10. The van der Waals surface area contributed by atoms with Gasteiger partial charge in [0.15, 0.2) is 0 Å². The van der Waals surface area contributed by atoms with Crippen LogP contribution in [0.4, 0.5) is 4.79 Å². The molecular formula is C17H22N2O5. The average molecular weight is 334 g/mol. The molecule has 7 heteroatoms. The number of likely N-dealkylation sites (N-methyl/N-ethyl adjacent to an activating group) is 1. The second-order valence-corrected chi connectivity index (χ2v) is 5.80. The first kappa shape index (κ1) is 17.8. The van der Waals surface area contributed by atoms with Crippen molar-refractivity contribution in [2.24, 2.45) is 0 Å². The van der Waals surface area contributed by atoms with Crippen LogP contribution in [0.5, 0.6) is 0 Å². The fraction of sp³-hybridized carbons (Fsp3) is 0.471. The van der Waals surface area contributed by atoms with Crippen molar-refractivity contribution in [1.29, 1.82) is 0 Å². The predicted molar refractivity (Wildman–Crippen MR) is 86.2 cm³/mol. The zero-order valence-corrected chi connectivity index (χ0v) is 13.7. The van der Waals surface area contributed by atoms with Crippen LogP contribution in [0.15, 0.2) is 30.3 Å². The summed E-state index contributed by atoms with van der Waals surface area (Å²) in [7, 11) is 1.40. The summed E-state index contributed by atoms with van der Waals surface area (Å²) in [5, 5.41) is 9.06. The Morgan fingerprint density at radius 2 is 1.83 bits per heavy atom. The Balaban J connectivity index is 1.99. The molecular weight excluding hydrogens is 312 g/mol. The topological polar surface area (TPSA) is 87.1 Å². The van der Waals surface area contributed by atoms with Gasteiger partial charge in [0.2, 0.25) is 5.91 Å². The standard InChI is InChI=1S/C17H22N2O5/c1-18(17(23)24-12-13-7-3-2-4-8-13)14(11-15(20)21)16(22)19-9-5-6-10-19/h2-4,7-8,14H,5-6,9-12H2,1H3,(H,20,21). The van der Waals surface area contributed by atoms with Crippen molar-refractivity contribution in [3.63, 3.8) is 0 Å². The van der Waals surface area contributed by atoms with Gasteiger partial charge in [-0.25, -0.2) is 4.79 Å². The number of benzene rings is 1. The van der Waals surface area contributed by atoms with Gasteiger partial charge in [-0.2, -0.15) is 0 Å². The summed E-state index contributed by atoms with van der Waals surface area (Å²) in [5.41, 5.74) is 0.819. The third-order valence-corrected chi connectivity index (χ3v) is 4.03. The van der Waals surface area contributed by atoms with Crippen molar-refractivity contribution in [3.8, 4) is 0 Å². The van der Waals surface area contributed by atoms with Gasteiger partial charge in [0.25, 0.3) is 0 Å². The SMILES string of the molecule is CN(C(=O)OCc1ccccc1)C(CC(=O)O)C(=O)N1CCCC1. The summed E-state index contributed by atoms with van der Waals surface area (Å²) in [5.74, 6) is -1.47. The van der Waals surface area contributed by atoms with Crippen molar-refractivity contribution in [2.45, 2.75) is 31.9 Å². The molecule has 2 amide bonds. The Kier molecular flexibility index (Phi) is 6.17. The lowest BCUT2D eigenvalue weighted by atomic mass is 10.1. The normalized spacial score (nSPS) is 15.0. The van der Waals surface area contributed by atoms with Crippen molar-refractivity contribution < 1.29 is 24.2 Å². The van der Waals surface area contributed by atoms with Crippen molar-refractivity contribution >= 4 is 18.0 Å². The van der Waals surface area contributed by atoms with E-state index in [4.69, 9.17) is 9.84 Å². The maximum absolute atomic E-state index is 12.5. The zero-order valence-electron chi connectivity index (χ0n) is 13.7. The summed E-state index contributed by atoms with van der Waals surface area (Å²) in [6.07, 6.45) is 0.644. The van der Waals surface area contributed by atoms with E-state index >= 15 is 0 Å². The molecule has 2 rings (SSSR count). The number of amides is 2. The molecule has 1 aromatic rings. The predicted octanol–water partition coefficient (Wildman–Crippen LogP) is 1.72. The number of carbonyl (C=O) groups is 3. The molecule has 0 aliphatic carbocycles. The third-order valence-electron chi connectivity index (χ3n) is 4.03. The molecule has 0 aromatic heterocycles. The highest BCUT2D eigenvalue weighted by molar-refractivity contribution is 5.89. The highest BCUT2D eigenvalue weighted by Crippen LogP contribution is 2.15. The smallest absolute Gasteiger partial charge is 0.410 e. The average Bonchev–Trinajstić information content (AvgIpc) is 3.11. The molecule has 1 heterocycles. The Bertz CT molecular complexity index is 584. The summed E-state index contributed by atoms with van der Waals surface area (Å²) in [4.78, 5) is 38.5. The van der Waals surface area contributed by atoms with E-state index in [1.54, 1.807) is 4.90 Å². The van der Waals surface area contributed by atoms with Gasteiger partial charge < -0.3 is 14.7 Å². The third kappa shape index (κ3) is 4.71. The fourth-order valence-corrected chi connectivity index (χ4v) is 2.65. The van der Waals surface area contributed by atoms with Crippen LogP contribution in [0, 0.1) is 0 Å². The molecule has 0 spiro atoms. The Morgan fingerprint density at radius 3 is 2.42 bits per heavy atom. The van der Waals surface area contributed by atoms with Gasteiger partial charge in [-0.3, -0.25) is 14.5 Å². The molecule has 1 aliphatic rings. The number of aliphatic carboxylic acids is 1. The molecule has 1 aliphatic heterocycles. The van der Waals surface area contributed by atoms with Gasteiger partial charge in [-0.15, -0.1) is 0 Å². The molecule has 0 bridgehead atoms. The minimum absolute atomic E-state index is 0.0711. The molecule has 1 fully saturated rings. The number of rotatable bonds is 6. The zero-order chi connectivity index (χ0) is 17.5. The number of likely N-dealkylation sites (tertiary alicyclic amines) is 1. The maximum Gasteiger partial charge on any atom is 0.410 e. The Hall–Kier alpha value is -2.57. The van der Waals surface area contributed by atoms with E-state index in [1.807, 2.05) is 30.3 Å². The molecule has 24 heavy (non-hydrogen) atoms. The molecule has 1 atom stereocenters. The highest BCUT2D eigenvalue weighted by Gasteiger charge is 2.34. The molecule has 7 nitrogen and oxygen atoms in total. The lowest BCUT2D eigenvalue weighted by Crippen LogP contribution is -2.49. The first-order chi connectivity index (χ1) is 11.5. The van der Waals surface area contributed by atoms with Crippen molar-refractivity contribution in [1.82, 2.24) is 9.80 Å². The highest BCUT2D eigenvalue weighted by atomic mass is 16.6. The quantitative estimate of drug-likeness (QED) is 0.856. The van der Waals surface area contributed by atoms with Crippen LogP contribution in [0.25, 0.3) is 0 Å². The minimum Gasteiger partial charge on any atom is -0.481 e. The number of ether oxygens (including phenoxy) is 1.